The van der Waals surface area contributed by atoms with Crippen molar-refractivity contribution in [1.29, 1.82) is 0 Å². The van der Waals surface area contributed by atoms with Crippen molar-refractivity contribution in [3.63, 3.8) is 0 Å². The van der Waals surface area contributed by atoms with Gasteiger partial charge in [0, 0.05) is 0 Å². The van der Waals surface area contributed by atoms with E-state index in [9.17, 15) is 22.8 Å². The molecular weight excluding hydrogens is 438 g/mol. The lowest BCUT2D eigenvalue weighted by Crippen LogP contribution is -2.39. The van der Waals surface area contributed by atoms with Gasteiger partial charge in [0.25, 0.3) is 0 Å². The largest absolute Gasteiger partial charge is 0.466 e. The van der Waals surface area contributed by atoms with Gasteiger partial charge in [0.1, 0.15) is 12.4 Å². The van der Waals surface area contributed by atoms with Gasteiger partial charge in [-0.05, 0) is 6.07 Å². The molecule has 1 heterocycles. The van der Waals surface area contributed by atoms with Crippen LogP contribution in [-0.2, 0) is 30.0 Å². The van der Waals surface area contributed by atoms with E-state index in [0.29, 0.717) is 6.07 Å². The van der Waals surface area contributed by atoms with Crippen molar-refractivity contribution in [1.82, 2.24) is 0 Å². The van der Waals surface area contributed by atoms with Crippen LogP contribution in [0.2, 0.25) is 15.1 Å². The normalized spacial score (nSPS) is 15.0. The minimum atomic E-state index is -4.81. The summed E-state index contributed by atoms with van der Waals surface area (Å²) in [6.07, 6.45) is -4.81. The van der Waals surface area contributed by atoms with Crippen LogP contribution >= 0.6 is 34.8 Å². The summed E-state index contributed by atoms with van der Waals surface area (Å²) in [5, 5.41) is -1.86. The highest BCUT2D eigenvalue weighted by Gasteiger charge is 2.39. The predicted octanol–water partition coefficient (Wildman–Crippen LogP) is 4.06. The fourth-order valence-corrected chi connectivity index (χ4v) is 3.27. The molecule has 0 fully saturated rings. The molecule has 148 valence electrons. The number of carbonyl (C=O) groups excluding carboxylic acids is 2. The summed E-state index contributed by atoms with van der Waals surface area (Å²) in [6, 6.07) is 0.562. The van der Waals surface area contributed by atoms with Crippen molar-refractivity contribution in [3.8, 4) is 0 Å². The maximum absolute atomic E-state index is 13.1. The SMILES string of the molecule is COC(=O)C1=C(C(=O)OC)N(c2c(Cl)cc(C(F)(F)F)c(Cl)c2Cl)COC1. The van der Waals surface area contributed by atoms with Crippen molar-refractivity contribution in [2.75, 3.05) is 32.5 Å². The molecule has 1 aromatic carbocycles. The van der Waals surface area contributed by atoms with Crippen LogP contribution in [0.25, 0.3) is 0 Å². The van der Waals surface area contributed by atoms with Gasteiger partial charge in [-0.1, -0.05) is 34.8 Å². The summed E-state index contributed by atoms with van der Waals surface area (Å²) in [7, 11) is 2.14. The minimum absolute atomic E-state index is 0.223. The number of ether oxygens (including phenoxy) is 3. The number of esters is 2. The lowest BCUT2D eigenvalue weighted by atomic mass is 10.1. The number of anilines is 1. The Hall–Kier alpha value is -1.68. The summed E-state index contributed by atoms with van der Waals surface area (Å²) >= 11 is 17.8. The molecule has 0 saturated carbocycles. The molecule has 27 heavy (non-hydrogen) atoms. The zero-order chi connectivity index (χ0) is 20.5. The van der Waals surface area contributed by atoms with Gasteiger partial charge in [0.2, 0.25) is 0 Å². The van der Waals surface area contributed by atoms with Crippen molar-refractivity contribution in [3.05, 3.63) is 38.0 Å². The van der Waals surface area contributed by atoms with Gasteiger partial charge in [0.05, 0.1) is 52.7 Å². The summed E-state index contributed by atoms with van der Waals surface area (Å²) in [4.78, 5) is 25.2. The number of benzene rings is 1. The quantitative estimate of drug-likeness (QED) is 0.513. The maximum Gasteiger partial charge on any atom is 0.417 e. The van der Waals surface area contributed by atoms with Gasteiger partial charge in [-0.15, -0.1) is 0 Å². The highest BCUT2D eigenvalue weighted by molar-refractivity contribution is 6.46. The van der Waals surface area contributed by atoms with E-state index in [1.54, 1.807) is 0 Å². The number of carbonyl (C=O) groups is 2. The highest BCUT2D eigenvalue weighted by Crippen LogP contribution is 2.47. The first-order valence-electron chi connectivity index (χ1n) is 7.04. The molecule has 0 atom stereocenters. The topological polar surface area (TPSA) is 65.1 Å². The molecule has 0 aliphatic carbocycles. The van der Waals surface area contributed by atoms with Crippen LogP contribution in [0.1, 0.15) is 5.56 Å². The Morgan fingerprint density at radius 2 is 1.70 bits per heavy atom. The molecule has 0 unspecified atom stereocenters. The highest BCUT2D eigenvalue weighted by atomic mass is 35.5. The fourth-order valence-electron chi connectivity index (χ4n) is 2.36. The molecule has 12 heteroatoms. The van der Waals surface area contributed by atoms with Crippen LogP contribution < -0.4 is 4.90 Å². The van der Waals surface area contributed by atoms with E-state index in [-0.39, 0.29) is 30.3 Å². The van der Waals surface area contributed by atoms with E-state index in [4.69, 9.17) is 39.5 Å². The first kappa shape index (κ1) is 21.6. The molecule has 0 radical (unpaired) electrons. The van der Waals surface area contributed by atoms with Gasteiger partial charge in [-0.25, -0.2) is 9.59 Å². The number of hydrogen-bond donors (Lipinski definition) is 0. The smallest absolute Gasteiger partial charge is 0.417 e. The standard InChI is InChI=1S/C15H11Cl3F3NO5/c1-25-13(23)6-4-27-5-22(11(6)14(24)26-2)12-8(16)3-7(15(19,20)21)9(17)10(12)18/h3H,4-5H2,1-2H3. The second-order valence-electron chi connectivity index (χ2n) is 5.10. The molecule has 0 bridgehead atoms. The van der Waals surface area contributed by atoms with Gasteiger partial charge < -0.3 is 19.1 Å². The Bertz CT molecular complexity index is 826. The van der Waals surface area contributed by atoms with E-state index < -0.39 is 38.7 Å². The Morgan fingerprint density at radius 1 is 1.11 bits per heavy atom. The number of nitrogens with zero attached hydrogens (tertiary/aromatic N) is 1. The summed E-state index contributed by atoms with van der Waals surface area (Å²) in [6.45, 7) is -0.650. The Kier molecular flexibility index (Phi) is 6.51. The van der Waals surface area contributed by atoms with Crippen molar-refractivity contribution < 1.29 is 37.0 Å². The molecular formula is C15H11Cl3F3NO5. The number of halogens is 6. The van der Waals surface area contributed by atoms with E-state index in [2.05, 4.69) is 9.47 Å². The van der Waals surface area contributed by atoms with Crippen molar-refractivity contribution in [2.24, 2.45) is 0 Å². The van der Waals surface area contributed by atoms with Gasteiger partial charge >= 0.3 is 18.1 Å². The first-order valence-corrected chi connectivity index (χ1v) is 8.17. The molecule has 0 spiro atoms. The predicted molar refractivity (Wildman–Crippen MR) is 90.8 cm³/mol. The van der Waals surface area contributed by atoms with Gasteiger partial charge in [0.15, 0.2) is 0 Å². The first-order chi connectivity index (χ1) is 12.5. The lowest BCUT2D eigenvalue weighted by Gasteiger charge is -2.33. The molecule has 0 N–H and O–H groups in total. The van der Waals surface area contributed by atoms with E-state index in [0.717, 1.165) is 19.1 Å². The average molecular weight is 449 g/mol. The Labute approximate surface area is 166 Å². The van der Waals surface area contributed by atoms with Crippen LogP contribution in [0.15, 0.2) is 17.3 Å². The number of alkyl halides is 3. The number of rotatable bonds is 3. The molecule has 1 aliphatic rings. The zero-order valence-electron chi connectivity index (χ0n) is 13.7. The zero-order valence-corrected chi connectivity index (χ0v) is 16.0. The van der Waals surface area contributed by atoms with Crippen LogP contribution in [0, 0.1) is 0 Å². The minimum Gasteiger partial charge on any atom is -0.466 e. The van der Waals surface area contributed by atoms with Crippen LogP contribution in [0.3, 0.4) is 0 Å². The maximum atomic E-state index is 13.1. The Balaban J connectivity index is 2.74. The summed E-state index contributed by atoms with van der Waals surface area (Å²) in [5.74, 6) is -1.87. The molecule has 0 amide bonds. The van der Waals surface area contributed by atoms with Crippen LogP contribution in [-0.4, -0.2) is 39.5 Å². The molecule has 0 saturated heterocycles. The van der Waals surface area contributed by atoms with Gasteiger partial charge in [-0.3, -0.25) is 0 Å². The molecule has 1 aliphatic heterocycles. The van der Waals surface area contributed by atoms with Gasteiger partial charge in [-0.2, -0.15) is 13.2 Å². The molecule has 2 rings (SSSR count). The lowest BCUT2D eigenvalue weighted by molar-refractivity contribution is -0.140. The monoisotopic (exact) mass is 447 g/mol. The van der Waals surface area contributed by atoms with E-state index in [1.807, 2.05) is 0 Å². The average Bonchev–Trinajstić information content (AvgIpc) is 2.62. The number of methoxy groups -OCH3 is 2. The van der Waals surface area contributed by atoms with Crippen molar-refractivity contribution in [2.45, 2.75) is 6.18 Å². The second-order valence-corrected chi connectivity index (χ2v) is 6.26. The third kappa shape index (κ3) is 4.11. The molecule has 1 aromatic rings. The Morgan fingerprint density at radius 3 is 2.22 bits per heavy atom. The summed E-state index contributed by atoms with van der Waals surface area (Å²) < 4.78 is 53.7. The fraction of sp³-hybridized carbons (Fsp3) is 0.333. The molecule has 0 aromatic heterocycles. The van der Waals surface area contributed by atoms with Crippen LogP contribution in [0.4, 0.5) is 18.9 Å². The third-order valence-corrected chi connectivity index (χ3v) is 4.69. The molecule has 6 nitrogen and oxygen atoms in total. The van der Waals surface area contributed by atoms with Crippen molar-refractivity contribution >= 4 is 52.4 Å². The summed E-state index contributed by atoms with van der Waals surface area (Å²) in [5.41, 5.74) is -2.07. The third-order valence-electron chi connectivity index (χ3n) is 3.54. The van der Waals surface area contributed by atoms with E-state index in [1.165, 1.54) is 0 Å². The number of hydrogen-bond acceptors (Lipinski definition) is 6. The van der Waals surface area contributed by atoms with E-state index >= 15 is 0 Å². The second kappa shape index (κ2) is 8.14. The van der Waals surface area contributed by atoms with Crippen LogP contribution in [0.5, 0.6) is 0 Å².